The Morgan fingerprint density at radius 3 is 2.40 bits per heavy atom. The number of ketones is 2. The van der Waals surface area contributed by atoms with Crippen molar-refractivity contribution in [2.75, 3.05) is 24.4 Å². The monoisotopic (exact) mass is 574 g/mol. The quantitative estimate of drug-likeness (QED) is 0.298. The van der Waals surface area contributed by atoms with E-state index >= 15 is 9.18 Å². The van der Waals surface area contributed by atoms with Gasteiger partial charge >= 0.3 is 0 Å². The molecule has 7 rings (SSSR count). The summed E-state index contributed by atoms with van der Waals surface area (Å²) < 4.78 is 26.3. The maximum atomic E-state index is 15.3. The topological polar surface area (TPSA) is 84.9 Å². The SMILES string of the molecule is COc1ccc(OC)c(C(=O)[C@@H]2[C@@H](C(=O)c3ccccc3F)N3c4ccccc4C=C[C@@H]3[C@]23C(=O)Nc2ccccc23)c1. The van der Waals surface area contributed by atoms with Crippen LogP contribution in [0, 0.1) is 11.7 Å². The summed E-state index contributed by atoms with van der Waals surface area (Å²) in [5.74, 6) is -2.79. The van der Waals surface area contributed by atoms with Gasteiger partial charge in [0.05, 0.1) is 37.3 Å². The van der Waals surface area contributed by atoms with E-state index in [4.69, 9.17) is 9.47 Å². The highest BCUT2D eigenvalue weighted by atomic mass is 19.1. The lowest BCUT2D eigenvalue weighted by molar-refractivity contribution is -0.121. The molecule has 214 valence electrons. The van der Waals surface area contributed by atoms with Crippen molar-refractivity contribution < 1.29 is 28.2 Å². The third-order valence-corrected chi connectivity index (χ3v) is 8.90. The largest absolute Gasteiger partial charge is 0.497 e. The van der Waals surface area contributed by atoms with E-state index in [-0.39, 0.29) is 16.9 Å². The van der Waals surface area contributed by atoms with Crippen LogP contribution in [-0.4, -0.2) is 43.8 Å². The van der Waals surface area contributed by atoms with Crippen molar-refractivity contribution in [3.05, 3.63) is 125 Å². The lowest BCUT2D eigenvalue weighted by Crippen LogP contribution is -2.51. The number of ether oxygens (including phenoxy) is 2. The van der Waals surface area contributed by atoms with Crippen LogP contribution in [-0.2, 0) is 10.2 Å². The Morgan fingerprint density at radius 2 is 1.60 bits per heavy atom. The van der Waals surface area contributed by atoms with Crippen LogP contribution in [0.1, 0.15) is 31.8 Å². The van der Waals surface area contributed by atoms with Crippen LogP contribution < -0.4 is 19.7 Å². The highest BCUT2D eigenvalue weighted by Gasteiger charge is 2.70. The Morgan fingerprint density at radius 1 is 0.860 bits per heavy atom. The Kier molecular flexibility index (Phi) is 6.16. The number of halogens is 1. The van der Waals surface area contributed by atoms with Crippen molar-refractivity contribution in [3.63, 3.8) is 0 Å². The second-order valence-electron chi connectivity index (χ2n) is 10.8. The van der Waals surface area contributed by atoms with Crippen LogP contribution in [0.3, 0.4) is 0 Å². The fourth-order valence-electron chi connectivity index (χ4n) is 7.11. The van der Waals surface area contributed by atoms with Crippen LogP contribution in [0.5, 0.6) is 11.5 Å². The normalized spacial score (nSPS) is 22.9. The number of fused-ring (bicyclic) bond motifs is 6. The summed E-state index contributed by atoms with van der Waals surface area (Å²) >= 11 is 0. The molecule has 4 atom stereocenters. The molecule has 4 aromatic rings. The summed E-state index contributed by atoms with van der Waals surface area (Å²) in [5.41, 5.74) is 1.13. The van der Waals surface area contributed by atoms with Crippen LogP contribution in [0.25, 0.3) is 6.08 Å². The maximum Gasteiger partial charge on any atom is 0.238 e. The molecule has 0 saturated carbocycles. The number of hydrogen-bond donors (Lipinski definition) is 1. The van der Waals surface area contributed by atoms with E-state index in [2.05, 4.69) is 5.32 Å². The molecule has 4 aromatic carbocycles. The molecule has 7 nitrogen and oxygen atoms in total. The molecule has 0 aromatic heterocycles. The minimum atomic E-state index is -1.53. The number of amides is 1. The van der Waals surface area contributed by atoms with Crippen molar-refractivity contribution in [3.8, 4) is 11.5 Å². The minimum Gasteiger partial charge on any atom is -0.497 e. The zero-order valence-electron chi connectivity index (χ0n) is 23.4. The zero-order chi connectivity index (χ0) is 29.9. The van der Waals surface area contributed by atoms with Crippen LogP contribution in [0.4, 0.5) is 15.8 Å². The van der Waals surface area contributed by atoms with Crippen LogP contribution >= 0.6 is 0 Å². The van der Waals surface area contributed by atoms with Gasteiger partial charge in [-0.3, -0.25) is 14.4 Å². The molecule has 0 aliphatic carbocycles. The van der Waals surface area contributed by atoms with E-state index in [0.717, 1.165) is 5.56 Å². The second-order valence-corrected chi connectivity index (χ2v) is 10.8. The van der Waals surface area contributed by atoms with Gasteiger partial charge in [0.25, 0.3) is 0 Å². The van der Waals surface area contributed by atoms with Crippen molar-refractivity contribution in [2.24, 2.45) is 5.92 Å². The standard InChI is InChI=1S/C35H27FN2O5/c1-42-21-16-17-28(43-2)23(19-21)32(39)30-31(33(40)22-10-4-6-12-25(22)36)38-27-14-8-3-9-20(27)15-18-29(38)35(30)24-11-5-7-13-26(24)37-34(35)41/h3-19,29-31H,1-2H3,(H,37,41)/t29-,30+,31+,35+/m1/s1. The fraction of sp³-hybridized carbons (Fsp3) is 0.171. The molecular weight excluding hydrogens is 547 g/mol. The summed E-state index contributed by atoms with van der Waals surface area (Å²) in [6.07, 6.45) is 3.79. The number of carbonyl (C=O) groups is 3. The van der Waals surface area contributed by atoms with E-state index in [1.807, 2.05) is 53.5 Å². The van der Waals surface area contributed by atoms with E-state index in [0.29, 0.717) is 22.7 Å². The fourth-order valence-corrected chi connectivity index (χ4v) is 7.11. The van der Waals surface area contributed by atoms with Gasteiger partial charge < -0.3 is 19.7 Å². The molecule has 1 fully saturated rings. The number of nitrogens with one attached hydrogen (secondary N) is 1. The Balaban J connectivity index is 1.56. The second kappa shape index (κ2) is 9.94. The highest BCUT2D eigenvalue weighted by Crippen LogP contribution is 2.58. The summed E-state index contributed by atoms with van der Waals surface area (Å²) in [6, 6.07) is 23.3. The number of carbonyl (C=O) groups excluding carboxylic acids is 3. The average Bonchev–Trinajstić information content (AvgIpc) is 3.52. The van der Waals surface area contributed by atoms with Crippen molar-refractivity contribution in [1.82, 2.24) is 0 Å². The number of para-hydroxylation sites is 2. The first-order chi connectivity index (χ1) is 20.9. The number of hydrogen-bond acceptors (Lipinski definition) is 6. The molecule has 8 heteroatoms. The van der Waals surface area contributed by atoms with Crippen LogP contribution in [0.15, 0.2) is 97.1 Å². The molecule has 3 aliphatic rings. The third-order valence-electron chi connectivity index (χ3n) is 8.90. The predicted octanol–water partition coefficient (Wildman–Crippen LogP) is 5.70. The lowest BCUT2D eigenvalue weighted by Gasteiger charge is -2.37. The van der Waals surface area contributed by atoms with E-state index < -0.39 is 46.7 Å². The number of anilines is 2. The molecule has 1 N–H and O–H groups in total. The molecule has 3 heterocycles. The van der Waals surface area contributed by atoms with Gasteiger partial charge in [-0.05, 0) is 53.6 Å². The summed E-state index contributed by atoms with van der Waals surface area (Å²) in [5, 5.41) is 2.99. The first kappa shape index (κ1) is 26.6. The number of rotatable bonds is 6. The lowest BCUT2D eigenvalue weighted by atomic mass is 9.64. The molecule has 1 saturated heterocycles. The van der Waals surface area contributed by atoms with Crippen molar-refractivity contribution >= 4 is 34.9 Å². The molecular formula is C35H27FN2O5. The van der Waals surface area contributed by atoms with Gasteiger partial charge in [-0.15, -0.1) is 0 Å². The molecule has 43 heavy (non-hydrogen) atoms. The van der Waals surface area contributed by atoms with E-state index in [1.54, 1.807) is 36.4 Å². The van der Waals surface area contributed by atoms with Gasteiger partial charge in [0.2, 0.25) is 5.91 Å². The molecule has 0 bridgehead atoms. The van der Waals surface area contributed by atoms with Gasteiger partial charge in [-0.1, -0.05) is 60.7 Å². The van der Waals surface area contributed by atoms with Crippen LogP contribution in [0.2, 0.25) is 0 Å². The Hall–Kier alpha value is -5.24. The van der Waals surface area contributed by atoms with Crippen molar-refractivity contribution in [2.45, 2.75) is 17.5 Å². The molecule has 0 unspecified atom stereocenters. The average molecular weight is 575 g/mol. The predicted molar refractivity (Wildman–Crippen MR) is 160 cm³/mol. The number of benzene rings is 4. The molecule has 0 radical (unpaired) electrons. The Labute approximate surface area is 247 Å². The number of nitrogens with zero attached hydrogens (tertiary/aromatic N) is 1. The molecule has 1 amide bonds. The number of Topliss-reactive ketones (excluding diaryl/α,β-unsaturated/α-hetero) is 2. The van der Waals surface area contributed by atoms with Gasteiger partial charge in [0.15, 0.2) is 11.6 Å². The van der Waals surface area contributed by atoms with E-state index in [9.17, 15) is 9.59 Å². The maximum absolute atomic E-state index is 15.3. The smallest absolute Gasteiger partial charge is 0.238 e. The highest BCUT2D eigenvalue weighted by molar-refractivity contribution is 6.19. The summed E-state index contributed by atoms with van der Waals surface area (Å²) in [4.78, 5) is 46.0. The van der Waals surface area contributed by atoms with Gasteiger partial charge in [-0.25, -0.2) is 4.39 Å². The first-order valence-corrected chi connectivity index (χ1v) is 13.9. The van der Waals surface area contributed by atoms with Gasteiger partial charge in [0, 0.05) is 11.4 Å². The molecule has 1 spiro atoms. The molecule has 3 aliphatic heterocycles. The third kappa shape index (κ3) is 3.69. The zero-order valence-corrected chi connectivity index (χ0v) is 23.4. The van der Waals surface area contributed by atoms with Crippen molar-refractivity contribution in [1.29, 1.82) is 0 Å². The van der Waals surface area contributed by atoms with Gasteiger partial charge in [0.1, 0.15) is 28.8 Å². The van der Waals surface area contributed by atoms with Gasteiger partial charge in [-0.2, -0.15) is 0 Å². The van der Waals surface area contributed by atoms with E-state index in [1.165, 1.54) is 32.4 Å². The number of methoxy groups -OCH3 is 2. The Bertz CT molecular complexity index is 1850. The summed E-state index contributed by atoms with van der Waals surface area (Å²) in [7, 11) is 2.94. The summed E-state index contributed by atoms with van der Waals surface area (Å²) in [6.45, 7) is 0. The minimum absolute atomic E-state index is 0.155. The first-order valence-electron chi connectivity index (χ1n) is 13.9.